The van der Waals surface area contributed by atoms with Crippen molar-refractivity contribution in [3.05, 3.63) is 53.3 Å². The summed E-state index contributed by atoms with van der Waals surface area (Å²) < 4.78 is 0. The molecule has 1 amide bonds. The largest absolute Gasteiger partial charge is 0.356 e. The van der Waals surface area contributed by atoms with Gasteiger partial charge >= 0.3 is 0 Å². The van der Waals surface area contributed by atoms with Crippen LogP contribution in [0.1, 0.15) is 42.5 Å². The number of benzene rings is 1. The van der Waals surface area contributed by atoms with E-state index in [4.69, 9.17) is 0 Å². The average Bonchev–Trinajstić information content (AvgIpc) is 2.78. The van der Waals surface area contributed by atoms with Crippen LogP contribution in [0, 0.1) is 25.7 Å². The maximum atomic E-state index is 12.7. The number of rotatable bonds is 6. The predicted octanol–water partition coefficient (Wildman–Crippen LogP) is 3.34. The summed E-state index contributed by atoms with van der Waals surface area (Å²) in [7, 11) is 0. The van der Waals surface area contributed by atoms with Crippen molar-refractivity contribution in [3.8, 4) is 0 Å². The highest BCUT2D eigenvalue weighted by Gasteiger charge is 2.27. The fraction of sp³-hybridized carbons (Fsp3) is 0.560. The number of aromatic nitrogens is 2. The number of anilines is 1. The lowest BCUT2D eigenvalue weighted by molar-refractivity contribution is -0.125. The van der Waals surface area contributed by atoms with Crippen LogP contribution in [0.2, 0.25) is 0 Å². The number of amides is 1. The molecule has 6 heteroatoms. The van der Waals surface area contributed by atoms with Crippen LogP contribution in [0.15, 0.2) is 36.5 Å². The molecule has 1 aromatic heterocycles. The Hall–Kier alpha value is -2.47. The SMILES string of the molecule is Cc1cccc(CN2CCC(CNC(=O)C3CCN(c4nccc(C)n4)CC3)CC2)c1. The topological polar surface area (TPSA) is 61.4 Å². The van der Waals surface area contributed by atoms with Gasteiger partial charge in [0.1, 0.15) is 0 Å². The molecular formula is C25H35N5O. The van der Waals surface area contributed by atoms with Gasteiger partial charge in [0.15, 0.2) is 0 Å². The molecule has 4 rings (SSSR count). The third-order valence-corrected chi connectivity index (χ3v) is 6.69. The maximum absolute atomic E-state index is 12.7. The van der Waals surface area contributed by atoms with Gasteiger partial charge in [-0.1, -0.05) is 29.8 Å². The highest BCUT2D eigenvalue weighted by molar-refractivity contribution is 5.78. The molecule has 0 atom stereocenters. The van der Waals surface area contributed by atoms with Crippen molar-refractivity contribution in [2.45, 2.75) is 46.1 Å². The fourth-order valence-corrected chi connectivity index (χ4v) is 4.74. The molecule has 0 aliphatic carbocycles. The normalized spacial score (nSPS) is 18.8. The summed E-state index contributed by atoms with van der Waals surface area (Å²) in [6, 6.07) is 10.7. The molecule has 0 unspecified atom stereocenters. The average molecular weight is 422 g/mol. The highest BCUT2D eigenvalue weighted by Crippen LogP contribution is 2.22. The minimum Gasteiger partial charge on any atom is -0.356 e. The Morgan fingerprint density at radius 3 is 2.55 bits per heavy atom. The van der Waals surface area contributed by atoms with Crippen LogP contribution in [-0.4, -0.2) is 53.5 Å². The van der Waals surface area contributed by atoms with Gasteiger partial charge in [0.25, 0.3) is 0 Å². The van der Waals surface area contributed by atoms with Crippen molar-refractivity contribution in [2.75, 3.05) is 37.6 Å². The van der Waals surface area contributed by atoms with Gasteiger partial charge < -0.3 is 10.2 Å². The minimum atomic E-state index is 0.113. The van der Waals surface area contributed by atoms with E-state index in [2.05, 4.69) is 56.3 Å². The number of hydrogen-bond acceptors (Lipinski definition) is 5. The summed E-state index contributed by atoms with van der Waals surface area (Å²) in [5.41, 5.74) is 3.70. The molecule has 2 fully saturated rings. The molecule has 1 aromatic carbocycles. The van der Waals surface area contributed by atoms with E-state index in [1.807, 2.05) is 19.2 Å². The molecule has 2 aliphatic rings. The number of carbonyl (C=O) groups is 1. The van der Waals surface area contributed by atoms with Crippen molar-refractivity contribution in [1.82, 2.24) is 20.2 Å². The number of carbonyl (C=O) groups excluding carboxylic acids is 1. The lowest BCUT2D eigenvalue weighted by atomic mass is 9.94. The second-order valence-electron chi connectivity index (χ2n) is 9.21. The summed E-state index contributed by atoms with van der Waals surface area (Å²) >= 11 is 0. The Bertz CT molecular complexity index is 870. The van der Waals surface area contributed by atoms with E-state index in [1.165, 1.54) is 11.1 Å². The van der Waals surface area contributed by atoms with Crippen molar-refractivity contribution in [2.24, 2.45) is 11.8 Å². The van der Waals surface area contributed by atoms with E-state index in [-0.39, 0.29) is 11.8 Å². The molecule has 2 aromatic rings. The molecule has 1 N–H and O–H groups in total. The van der Waals surface area contributed by atoms with Crippen LogP contribution in [0.4, 0.5) is 5.95 Å². The Morgan fingerprint density at radius 1 is 1.06 bits per heavy atom. The standard InChI is InChI=1S/C25H35N5O/c1-19-4-3-5-22(16-19)18-29-12-7-21(8-13-29)17-27-24(31)23-9-14-30(15-10-23)25-26-11-6-20(2)28-25/h3-6,11,16,21,23H,7-10,12-15,17-18H2,1-2H3,(H,27,31). The number of aryl methyl sites for hydroxylation is 2. The van der Waals surface area contributed by atoms with Crippen molar-refractivity contribution in [3.63, 3.8) is 0 Å². The van der Waals surface area contributed by atoms with Crippen LogP contribution < -0.4 is 10.2 Å². The van der Waals surface area contributed by atoms with Crippen LogP contribution in [0.5, 0.6) is 0 Å². The smallest absolute Gasteiger partial charge is 0.225 e. The molecule has 0 saturated carbocycles. The number of nitrogens with zero attached hydrogens (tertiary/aromatic N) is 4. The lowest BCUT2D eigenvalue weighted by Crippen LogP contribution is -2.43. The van der Waals surface area contributed by atoms with Gasteiger partial charge in [-0.05, 0) is 70.2 Å². The van der Waals surface area contributed by atoms with Crippen LogP contribution in [-0.2, 0) is 11.3 Å². The quantitative estimate of drug-likeness (QED) is 0.775. The zero-order chi connectivity index (χ0) is 21.6. The summed E-state index contributed by atoms with van der Waals surface area (Å²) in [6.45, 7) is 9.91. The number of piperidine rings is 2. The maximum Gasteiger partial charge on any atom is 0.225 e. The molecule has 2 saturated heterocycles. The third-order valence-electron chi connectivity index (χ3n) is 6.69. The van der Waals surface area contributed by atoms with Crippen molar-refractivity contribution >= 4 is 11.9 Å². The van der Waals surface area contributed by atoms with E-state index in [0.717, 1.165) is 76.6 Å². The first kappa shape index (κ1) is 21.8. The van der Waals surface area contributed by atoms with Crippen molar-refractivity contribution in [1.29, 1.82) is 0 Å². The van der Waals surface area contributed by atoms with Gasteiger partial charge in [-0.25, -0.2) is 9.97 Å². The Balaban J connectivity index is 1.16. The summed E-state index contributed by atoms with van der Waals surface area (Å²) in [5, 5.41) is 3.25. The van der Waals surface area contributed by atoms with E-state index in [9.17, 15) is 4.79 Å². The molecule has 0 radical (unpaired) electrons. The zero-order valence-electron chi connectivity index (χ0n) is 18.9. The monoisotopic (exact) mass is 421 g/mol. The second kappa shape index (κ2) is 10.2. The molecule has 2 aliphatic heterocycles. The van der Waals surface area contributed by atoms with Crippen molar-refractivity contribution < 1.29 is 4.79 Å². The van der Waals surface area contributed by atoms with E-state index < -0.39 is 0 Å². The van der Waals surface area contributed by atoms with Gasteiger partial charge in [-0.3, -0.25) is 9.69 Å². The zero-order valence-corrected chi connectivity index (χ0v) is 18.9. The minimum absolute atomic E-state index is 0.113. The molecule has 3 heterocycles. The molecule has 166 valence electrons. The Morgan fingerprint density at radius 2 is 1.84 bits per heavy atom. The van der Waals surface area contributed by atoms with E-state index >= 15 is 0 Å². The molecule has 0 spiro atoms. The first-order chi connectivity index (χ1) is 15.1. The van der Waals surface area contributed by atoms with Crippen LogP contribution in [0.25, 0.3) is 0 Å². The van der Waals surface area contributed by atoms with Gasteiger partial charge in [-0.2, -0.15) is 0 Å². The summed E-state index contributed by atoms with van der Waals surface area (Å²) in [6.07, 6.45) is 5.88. The molecule has 0 bridgehead atoms. The molecular weight excluding hydrogens is 386 g/mol. The fourth-order valence-electron chi connectivity index (χ4n) is 4.74. The summed E-state index contributed by atoms with van der Waals surface area (Å²) in [5.74, 6) is 1.73. The Kier molecular flexibility index (Phi) is 7.17. The van der Waals surface area contributed by atoms with E-state index in [0.29, 0.717) is 5.92 Å². The number of likely N-dealkylation sites (tertiary alicyclic amines) is 1. The third kappa shape index (κ3) is 6.03. The van der Waals surface area contributed by atoms with Gasteiger partial charge in [0.05, 0.1) is 0 Å². The number of nitrogens with one attached hydrogen (secondary N) is 1. The highest BCUT2D eigenvalue weighted by atomic mass is 16.1. The summed E-state index contributed by atoms with van der Waals surface area (Å²) in [4.78, 5) is 26.3. The van der Waals surface area contributed by atoms with Crippen LogP contribution in [0.3, 0.4) is 0 Å². The van der Waals surface area contributed by atoms with Gasteiger partial charge in [0, 0.05) is 44.0 Å². The molecule has 31 heavy (non-hydrogen) atoms. The number of hydrogen-bond donors (Lipinski definition) is 1. The lowest BCUT2D eigenvalue weighted by Gasteiger charge is -2.33. The first-order valence-corrected chi connectivity index (χ1v) is 11.7. The van der Waals surface area contributed by atoms with Gasteiger partial charge in [-0.15, -0.1) is 0 Å². The second-order valence-corrected chi connectivity index (χ2v) is 9.21. The van der Waals surface area contributed by atoms with Crippen LogP contribution >= 0.6 is 0 Å². The predicted molar refractivity (Wildman–Crippen MR) is 124 cm³/mol. The Labute approximate surface area is 186 Å². The first-order valence-electron chi connectivity index (χ1n) is 11.7. The molecule has 6 nitrogen and oxygen atoms in total. The van der Waals surface area contributed by atoms with Gasteiger partial charge in [0.2, 0.25) is 11.9 Å². The van der Waals surface area contributed by atoms with E-state index in [1.54, 1.807) is 0 Å².